The van der Waals surface area contributed by atoms with Crippen molar-refractivity contribution < 1.29 is 9.53 Å². The van der Waals surface area contributed by atoms with Gasteiger partial charge in [0.1, 0.15) is 5.82 Å². The van der Waals surface area contributed by atoms with Gasteiger partial charge in [-0.25, -0.2) is 4.98 Å². The first-order chi connectivity index (χ1) is 11.4. The quantitative estimate of drug-likeness (QED) is 0.670. The lowest BCUT2D eigenvalue weighted by molar-refractivity contribution is -0.142. The number of hydrogen-bond acceptors (Lipinski definition) is 3. The number of aromatic amines is 1. The normalized spacial score (nSPS) is 24.3. The molecule has 0 saturated heterocycles. The second kappa shape index (κ2) is 7.09. The van der Waals surface area contributed by atoms with Crippen LogP contribution in [0.3, 0.4) is 0 Å². The van der Waals surface area contributed by atoms with Gasteiger partial charge in [-0.1, -0.05) is 25.8 Å². The van der Waals surface area contributed by atoms with Crippen LogP contribution < -0.4 is 0 Å². The predicted octanol–water partition coefficient (Wildman–Crippen LogP) is 2.95. The van der Waals surface area contributed by atoms with Gasteiger partial charge in [0.2, 0.25) is 0 Å². The fourth-order valence-electron chi connectivity index (χ4n) is 3.63. The third-order valence-corrected chi connectivity index (χ3v) is 6.19. The van der Waals surface area contributed by atoms with Crippen LogP contribution in [-0.4, -0.2) is 32.8 Å². The van der Waals surface area contributed by atoms with Gasteiger partial charge in [-0.15, -0.1) is 0 Å². The average Bonchev–Trinajstić information content (AvgIpc) is 2.91. The molecular weight excluding hydrogens is 316 g/mol. The number of imidazole rings is 1. The van der Waals surface area contributed by atoms with E-state index in [-0.39, 0.29) is 5.97 Å². The summed E-state index contributed by atoms with van der Waals surface area (Å²) in [6.45, 7) is 4.69. The molecule has 1 aromatic carbocycles. The number of hydrogen-bond donors (Lipinski definition) is 1. The Balaban J connectivity index is 1.66. The summed E-state index contributed by atoms with van der Waals surface area (Å²) >= 11 is 0. The first-order valence-corrected chi connectivity index (χ1v) is 10.1. The molecule has 1 fully saturated rings. The van der Waals surface area contributed by atoms with Crippen molar-refractivity contribution in [2.24, 2.45) is 5.92 Å². The highest BCUT2D eigenvalue weighted by Gasteiger charge is 2.27. The van der Waals surface area contributed by atoms with Crippen LogP contribution in [0.2, 0.25) is 5.04 Å². The molecule has 3 rings (SSSR count). The Morgan fingerprint density at radius 2 is 2.17 bits per heavy atom. The summed E-state index contributed by atoms with van der Waals surface area (Å²) in [6.07, 6.45) is 6.75. The first kappa shape index (κ1) is 17.2. The Kier molecular flexibility index (Phi) is 5.09. The SMILES string of the molecule is CCOC(=O)Cc1ccc2nc(CC3CCC(C)([SiH3])CC3)[nH]c2c1. The second-order valence-corrected chi connectivity index (χ2v) is 10.2. The van der Waals surface area contributed by atoms with E-state index in [0.717, 1.165) is 34.8 Å². The number of carbonyl (C=O) groups is 1. The largest absolute Gasteiger partial charge is 0.466 e. The highest BCUT2D eigenvalue weighted by molar-refractivity contribution is 6.14. The molecule has 0 radical (unpaired) electrons. The molecule has 1 aliphatic carbocycles. The Morgan fingerprint density at radius 1 is 1.42 bits per heavy atom. The summed E-state index contributed by atoms with van der Waals surface area (Å²) in [5.74, 6) is 1.66. The molecule has 1 N–H and O–H groups in total. The number of fused-ring (bicyclic) bond motifs is 1. The van der Waals surface area contributed by atoms with E-state index in [0.29, 0.717) is 18.1 Å². The monoisotopic (exact) mass is 344 g/mol. The zero-order valence-electron chi connectivity index (χ0n) is 15.0. The van der Waals surface area contributed by atoms with Crippen LogP contribution in [0.5, 0.6) is 0 Å². The minimum atomic E-state index is -0.176. The van der Waals surface area contributed by atoms with Crippen molar-refractivity contribution in [3.63, 3.8) is 0 Å². The Hall–Kier alpha value is -1.62. The number of nitrogens with zero attached hydrogens (tertiary/aromatic N) is 1. The standard InChI is InChI=1S/C19H28N2O2Si/c1-3-23-18(22)12-14-4-5-15-16(10-14)21-17(20-15)11-13-6-8-19(2,24)9-7-13/h4-5,10,13H,3,6-9,11-12H2,1-2,24H3,(H,20,21). The van der Waals surface area contributed by atoms with E-state index in [9.17, 15) is 4.79 Å². The summed E-state index contributed by atoms with van der Waals surface area (Å²) in [6, 6.07) is 6.00. The van der Waals surface area contributed by atoms with E-state index < -0.39 is 0 Å². The van der Waals surface area contributed by atoms with E-state index in [4.69, 9.17) is 9.72 Å². The lowest BCUT2D eigenvalue weighted by atomic mass is 9.80. The van der Waals surface area contributed by atoms with Gasteiger partial charge in [-0.05, 0) is 48.4 Å². The topological polar surface area (TPSA) is 55.0 Å². The van der Waals surface area contributed by atoms with Crippen molar-refractivity contribution >= 4 is 27.2 Å². The third-order valence-electron chi connectivity index (χ3n) is 5.19. The van der Waals surface area contributed by atoms with Crippen LogP contribution in [0, 0.1) is 5.92 Å². The van der Waals surface area contributed by atoms with Gasteiger partial charge in [0, 0.05) is 16.7 Å². The van der Waals surface area contributed by atoms with Crippen LogP contribution in [0.15, 0.2) is 18.2 Å². The fourth-order valence-corrected chi connectivity index (χ4v) is 4.21. The number of ether oxygens (including phenoxy) is 1. The maximum atomic E-state index is 11.6. The second-order valence-electron chi connectivity index (χ2n) is 7.83. The Labute approximate surface area is 146 Å². The number of esters is 1. The molecular formula is C19H28N2O2Si. The number of benzene rings is 1. The highest BCUT2D eigenvalue weighted by atomic mass is 28.1. The molecule has 2 aromatic rings. The van der Waals surface area contributed by atoms with Crippen LogP contribution in [0.1, 0.15) is 50.9 Å². The minimum Gasteiger partial charge on any atom is -0.466 e. The van der Waals surface area contributed by atoms with E-state index in [1.54, 1.807) is 0 Å². The maximum Gasteiger partial charge on any atom is 0.310 e. The van der Waals surface area contributed by atoms with Crippen LogP contribution in [0.25, 0.3) is 11.0 Å². The van der Waals surface area contributed by atoms with Crippen LogP contribution in [0.4, 0.5) is 0 Å². The van der Waals surface area contributed by atoms with Gasteiger partial charge in [0.25, 0.3) is 0 Å². The lowest BCUT2D eigenvalue weighted by Crippen LogP contribution is -2.20. The fraction of sp³-hybridized carbons (Fsp3) is 0.579. The molecule has 1 aliphatic rings. The Bertz CT molecular complexity index is 713. The number of rotatable bonds is 5. The van der Waals surface area contributed by atoms with Gasteiger partial charge in [0.05, 0.1) is 24.1 Å². The molecule has 0 bridgehead atoms. The van der Waals surface area contributed by atoms with Gasteiger partial charge in [0.15, 0.2) is 0 Å². The van der Waals surface area contributed by atoms with Crippen molar-refractivity contribution in [2.45, 2.75) is 57.4 Å². The van der Waals surface area contributed by atoms with Crippen molar-refractivity contribution in [3.8, 4) is 0 Å². The molecule has 1 aromatic heterocycles. The number of carbonyl (C=O) groups excluding carboxylic acids is 1. The maximum absolute atomic E-state index is 11.6. The predicted molar refractivity (Wildman–Crippen MR) is 100 cm³/mol. The molecule has 0 amide bonds. The van der Waals surface area contributed by atoms with Crippen molar-refractivity contribution in [2.75, 3.05) is 6.61 Å². The van der Waals surface area contributed by atoms with Crippen LogP contribution in [-0.2, 0) is 22.4 Å². The lowest BCUT2D eigenvalue weighted by Gasteiger charge is -2.34. The van der Waals surface area contributed by atoms with E-state index in [2.05, 4.69) is 11.9 Å². The molecule has 1 heterocycles. The van der Waals surface area contributed by atoms with E-state index >= 15 is 0 Å². The summed E-state index contributed by atoms with van der Waals surface area (Å²) in [4.78, 5) is 19.8. The zero-order chi connectivity index (χ0) is 17.2. The smallest absolute Gasteiger partial charge is 0.310 e. The third kappa shape index (κ3) is 4.26. The summed E-state index contributed by atoms with van der Waals surface area (Å²) in [7, 11) is 1.30. The number of nitrogens with one attached hydrogen (secondary N) is 1. The summed E-state index contributed by atoms with van der Waals surface area (Å²) in [5.41, 5.74) is 2.98. The van der Waals surface area contributed by atoms with Gasteiger partial charge in [-0.3, -0.25) is 4.79 Å². The molecule has 0 unspecified atom stereocenters. The number of H-pyrrole nitrogens is 1. The van der Waals surface area contributed by atoms with Gasteiger partial charge < -0.3 is 9.72 Å². The molecule has 0 aliphatic heterocycles. The van der Waals surface area contributed by atoms with E-state index in [1.165, 1.54) is 35.9 Å². The molecule has 0 atom stereocenters. The molecule has 0 spiro atoms. The average molecular weight is 345 g/mol. The summed E-state index contributed by atoms with van der Waals surface area (Å²) < 4.78 is 5.02. The van der Waals surface area contributed by atoms with Crippen molar-refractivity contribution in [3.05, 3.63) is 29.6 Å². The van der Waals surface area contributed by atoms with Gasteiger partial charge in [-0.2, -0.15) is 0 Å². The minimum absolute atomic E-state index is 0.176. The first-order valence-electron chi connectivity index (χ1n) is 9.08. The Morgan fingerprint density at radius 3 is 2.88 bits per heavy atom. The van der Waals surface area contributed by atoms with Gasteiger partial charge >= 0.3 is 5.97 Å². The molecule has 130 valence electrons. The molecule has 4 nitrogen and oxygen atoms in total. The highest BCUT2D eigenvalue weighted by Crippen LogP contribution is 2.42. The summed E-state index contributed by atoms with van der Waals surface area (Å²) in [5, 5.41) is 0.645. The zero-order valence-corrected chi connectivity index (χ0v) is 17.0. The molecule has 5 heteroatoms. The van der Waals surface area contributed by atoms with E-state index in [1.807, 2.05) is 25.1 Å². The molecule has 24 heavy (non-hydrogen) atoms. The van der Waals surface area contributed by atoms with Crippen molar-refractivity contribution in [1.29, 1.82) is 0 Å². The number of aromatic nitrogens is 2. The molecule has 1 saturated carbocycles. The van der Waals surface area contributed by atoms with Crippen molar-refractivity contribution in [1.82, 2.24) is 9.97 Å². The van der Waals surface area contributed by atoms with Crippen LogP contribution >= 0.6 is 0 Å².